The van der Waals surface area contributed by atoms with Crippen molar-refractivity contribution in [3.8, 4) is 0 Å². The van der Waals surface area contributed by atoms with E-state index in [0.717, 1.165) is 10.5 Å². The topological polar surface area (TPSA) is 96.7 Å². The largest absolute Gasteiger partial charge is 0.346 e. The Balaban J connectivity index is 1.40. The summed E-state index contributed by atoms with van der Waals surface area (Å²) in [5.41, 5.74) is 2.39. The van der Waals surface area contributed by atoms with Gasteiger partial charge in [0.05, 0.1) is 17.2 Å². The van der Waals surface area contributed by atoms with E-state index in [1.807, 2.05) is 38.2 Å². The number of pyridine rings is 1. The van der Waals surface area contributed by atoms with Gasteiger partial charge in [0.25, 0.3) is 11.8 Å². The predicted octanol–water partition coefficient (Wildman–Crippen LogP) is 1.90. The van der Waals surface area contributed by atoms with E-state index in [0.29, 0.717) is 22.6 Å². The molecule has 3 amide bonds. The molecule has 142 valence electrons. The summed E-state index contributed by atoms with van der Waals surface area (Å²) in [4.78, 5) is 38.4. The first-order valence-corrected chi connectivity index (χ1v) is 9.01. The van der Waals surface area contributed by atoms with Gasteiger partial charge in [-0.05, 0) is 38.1 Å². The average Bonchev–Trinajstić information content (AvgIpc) is 3.20. The second-order valence-corrected chi connectivity index (χ2v) is 6.84. The van der Waals surface area contributed by atoms with Gasteiger partial charge in [0.1, 0.15) is 0 Å². The monoisotopic (exact) mass is 377 g/mol. The number of nitrogens with zero attached hydrogens (tertiary/aromatic N) is 4. The molecule has 3 aromatic rings. The molecule has 1 aliphatic heterocycles. The molecule has 0 bridgehead atoms. The zero-order valence-electron chi connectivity index (χ0n) is 15.5. The van der Waals surface area contributed by atoms with Crippen LogP contribution in [-0.2, 0) is 4.79 Å². The van der Waals surface area contributed by atoms with Crippen molar-refractivity contribution in [3.05, 3.63) is 65.1 Å². The minimum atomic E-state index is -0.366. The van der Waals surface area contributed by atoms with Gasteiger partial charge in [0.2, 0.25) is 5.91 Å². The highest BCUT2D eigenvalue weighted by atomic mass is 16.2. The molecule has 1 aliphatic rings. The normalized spacial score (nSPS) is 14.4. The molecule has 8 nitrogen and oxygen atoms in total. The number of hydrogen-bond donors (Lipinski definition) is 1. The quantitative estimate of drug-likeness (QED) is 0.685. The highest BCUT2D eigenvalue weighted by molar-refractivity contribution is 6.21. The lowest BCUT2D eigenvalue weighted by Gasteiger charge is -2.15. The predicted molar refractivity (Wildman–Crippen MR) is 101 cm³/mol. The summed E-state index contributed by atoms with van der Waals surface area (Å²) in [5, 5.41) is 11.0. The second-order valence-electron chi connectivity index (χ2n) is 6.84. The number of amides is 3. The number of imide groups is 1. The number of hydrogen-bond acceptors (Lipinski definition) is 5. The maximum atomic E-state index is 12.5. The first-order valence-electron chi connectivity index (χ1n) is 9.01. The third-order valence-electron chi connectivity index (χ3n) is 4.79. The van der Waals surface area contributed by atoms with Crippen LogP contribution in [0.1, 0.15) is 51.5 Å². The molecular weight excluding hydrogens is 358 g/mol. The van der Waals surface area contributed by atoms with Crippen molar-refractivity contribution < 1.29 is 14.4 Å². The Hall–Kier alpha value is -3.55. The summed E-state index contributed by atoms with van der Waals surface area (Å²) in [6.07, 6.45) is 1.85. The minimum Gasteiger partial charge on any atom is -0.346 e. The van der Waals surface area contributed by atoms with E-state index in [2.05, 4.69) is 15.5 Å². The minimum absolute atomic E-state index is 0.0194. The summed E-state index contributed by atoms with van der Waals surface area (Å²) >= 11 is 0. The summed E-state index contributed by atoms with van der Waals surface area (Å²) in [7, 11) is 0. The Kier molecular flexibility index (Phi) is 4.38. The fourth-order valence-corrected chi connectivity index (χ4v) is 3.35. The average molecular weight is 377 g/mol. The maximum Gasteiger partial charge on any atom is 0.261 e. The molecule has 0 radical (unpaired) electrons. The van der Waals surface area contributed by atoms with E-state index in [1.165, 1.54) is 0 Å². The van der Waals surface area contributed by atoms with Crippen LogP contribution in [0.15, 0.2) is 42.6 Å². The SMILES string of the molecule is Cc1ccc2c(c1)C(=O)N(CCC(=O)NC(C)c1nnc3ccccn13)C2=O. The van der Waals surface area contributed by atoms with Gasteiger partial charge in [-0.2, -0.15) is 0 Å². The van der Waals surface area contributed by atoms with Crippen LogP contribution in [0.25, 0.3) is 5.65 Å². The number of fused-ring (bicyclic) bond motifs is 2. The van der Waals surface area contributed by atoms with Crippen molar-refractivity contribution in [2.45, 2.75) is 26.3 Å². The van der Waals surface area contributed by atoms with Gasteiger partial charge in [-0.25, -0.2) is 0 Å². The number of aryl methyl sites for hydroxylation is 1. The second kappa shape index (κ2) is 6.88. The van der Waals surface area contributed by atoms with Gasteiger partial charge >= 0.3 is 0 Å². The molecular formula is C20H19N5O3. The molecule has 0 aliphatic carbocycles. The van der Waals surface area contributed by atoms with Crippen molar-refractivity contribution in [1.82, 2.24) is 24.8 Å². The van der Waals surface area contributed by atoms with Crippen LogP contribution in [-0.4, -0.2) is 43.8 Å². The van der Waals surface area contributed by atoms with E-state index in [-0.39, 0.29) is 36.7 Å². The Labute approximate surface area is 161 Å². The van der Waals surface area contributed by atoms with Crippen molar-refractivity contribution in [3.63, 3.8) is 0 Å². The molecule has 0 spiro atoms. The number of rotatable bonds is 5. The summed E-state index contributed by atoms with van der Waals surface area (Å²) < 4.78 is 1.80. The molecule has 1 unspecified atom stereocenters. The van der Waals surface area contributed by atoms with Crippen LogP contribution >= 0.6 is 0 Å². The first kappa shape index (κ1) is 17.8. The Morgan fingerprint density at radius 1 is 1.11 bits per heavy atom. The molecule has 1 N–H and O–H groups in total. The molecule has 0 fully saturated rings. The van der Waals surface area contributed by atoms with Crippen molar-refractivity contribution in [2.75, 3.05) is 6.54 Å². The maximum absolute atomic E-state index is 12.5. The third kappa shape index (κ3) is 3.02. The Morgan fingerprint density at radius 3 is 2.71 bits per heavy atom. The van der Waals surface area contributed by atoms with Crippen LogP contribution in [0.5, 0.6) is 0 Å². The lowest BCUT2D eigenvalue weighted by molar-refractivity contribution is -0.121. The number of benzene rings is 1. The van der Waals surface area contributed by atoms with Crippen LogP contribution in [0.3, 0.4) is 0 Å². The molecule has 3 heterocycles. The van der Waals surface area contributed by atoms with Crippen molar-refractivity contribution in [1.29, 1.82) is 0 Å². The van der Waals surface area contributed by atoms with Crippen molar-refractivity contribution in [2.24, 2.45) is 0 Å². The lowest BCUT2D eigenvalue weighted by atomic mass is 10.1. The molecule has 0 saturated heterocycles. The lowest BCUT2D eigenvalue weighted by Crippen LogP contribution is -2.35. The fourth-order valence-electron chi connectivity index (χ4n) is 3.35. The molecule has 28 heavy (non-hydrogen) atoms. The van der Waals surface area contributed by atoms with Crippen LogP contribution in [0.2, 0.25) is 0 Å². The zero-order valence-corrected chi connectivity index (χ0v) is 15.5. The van der Waals surface area contributed by atoms with Crippen LogP contribution in [0.4, 0.5) is 0 Å². The molecule has 1 atom stereocenters. The summed E-state index contributed by atoms with van der Waals surface area (Å²) in [5.74, 6) is -0.370. The third-order valence-corrected chi connectivity index (χ3v) is 4.79. The molecule has 2 aromatic heterocycles. The highest BCUT2D eigenvalue weighted by Gasteiger charge is 2.35. The molecule has 1 aromatic carbocycles. The van der Waals surface area contributed by atoms with Gasteiger partial charge in [0, 0.05) is 19.2 Å². The number of carbonyl (C=O) groups excluding carboxylic acids is 3. The Bertz CT molecular complexity index is 1100. The highest BCUT2D eigenvalue weighted by Crippen LogP contribution is 2.24. The van der Waals surface area contributed by atoms with Gasteiger partial charge in [-0.15, -0.1) is 10.2 Å². The standard InChI is InChI=1S/C20H19N5O3/c1-12-6-7-14-15(11-12)20(28)25(19(14)27)10-8-17(26)21-13(2)18-23-22-16-5-3-4-9-24(16)18/h3-7,9,11,13H,8,10H2,1-2H3,(H,21,26). The number of nitrogens with one attached hydrogen (secondary N) is 1. The van der Waals surface area contributed by atoms with E-state index in [9.17, 15) is 14.4 Å². The molecule has 0 saturated carbocycles. The number of carbonyl (C=O) groups is 3. The van der Waals surface area contributed by atoms with Gasteiger partial charge in [0.15, 0.2) is 11.5 Å². The molecule has 8 heteroatoms. The summed E-state index contributed by atoms with van der Waals surface area (Å²) in [6.45, 7) is 3.71. The van der Waals surface area contributed by atoms with Crippen LogP contribution < -0.4 is 5.32 Å². The van der Waals surface area contributed by atoms with Gasteiger partial charge in [-0.1, -0.05) is 17.7 Å². The van der Waals surface area contributed by atoms with E-state index >= 15 is 0 Å². The number of aromatic nitrogens is 3. The van der Waals surface area contributed by atoms with E-state index in [4.69, 9.17) is 0 Å². The zero-order chi connectivity index (χ0) is 19.8. The first-order chi connectivity index (χ1) is 13.5. The summed E-state index contributed by atoms with van der Waals surface area (Å²) in [6, 6.07) is 10.3. The van der Waals surface area contributed by atoms with Crippen LogP contribution in [0, 0.1) is 6.92 Å². The van der Waals surface area contributed by atoms with Gasteiger partial charge in [-0.3, -0.25) is 23.7 Å². The smallest absolute Gasteiger partial charge is 0.261 e. The Morgan fingerprint density at radius 2 is 1.89 bits per heavy atom. The van der Waals surface area contributed by atoms with Crippen molar-refractivity contribution >= 4 is 23.4 Å². The fraction of sp³-hybridized carbons (Fsp3) is 0.250. The van der Waals surface area contributed by atoms with Gasteiger partial charge < -0.3 is 5.32 Å². The molecule has 4 rings (SSSR count). The van der Waals surface area contributed by atoms with E-state index < -0.39 is 0 Å². The van der Waals surface area contributed by atoms with E-state index in [1.54, 1.807) is 22.6 Å².